The van der Waals surface area contributed by atoms with E-state index in [0.717, 1.165) is 51.8 Å². The number of methoxy groups -OCH3 is 1. The molecule has 4 heteroatoms. The third kappa shape index (κ3) is 4.65. The van der Waals surface area contributed by atoms with Crippen LogP contribution in [0.3, 0.4) is 0 Å². The van der Waals surface area contributed by atoms with Crippen molar-refractivity contribution in [1.82, 2.24) is 10.2 Å². The Morgan fingerprint density at radius 3 is 2.62 bits per heavy atom. The number of piperazine rings is 1. The Morgan fingerprint density at radius 2 is 2.00 bits per heavy atom. The van der Waals surface area contributed by atoms with Crippen molar-refractivity contribution >= 4 is 0 Å². The first-order valence-corrected chi connectivity index (χ1v) is 8.63. The zero-order valence-electron chi connectivity index (χ0n) is 14.4. The Morgan fingerprint density at radius 1 is 1.24 bits per heavy atom. The molecule has 1 aliphatic heterocycles. The van der Waals surface area contributed by atoms with Gasteiger partial charge in [-0.3, -0.25) is 4.90 Å². The summed E-state index contributed by atoms with van der Waals surface area (Å²) in [5.41, 5.74) is 0.335. The van der Waals surface area contributed by atoms with Gasteiger partial charge >= 0.3 is 0 Å². The van der Waals surface area contributed by atoms with Gasteiger partial charge in [-0.05, 0) is 38.0 Å². The minimum Gasteiger partial charge on any atom is -0.385 e. The van der Waals surface area contributed by atoms with Gasteiger partial charge < -0.3 is 14.8 Å². The average Bonchev–Trinajstić information content (AvgIpc) is 3.29. The monoisotopic (exact) mass is 298 g/mol. The number of hydrogen-bond acceptors (Lipinski definition) is 4. The molecule has 0 aromatic carbocycles. The lowest BCUT2D eigenvalue weighted by atomic mass is 9.87. The van der Waals surface area contributed by atoms with E-state index < -0.39 is 0 Å². The van der Waals surface area contributed by atoms with E-state index in [4.69, 9.17) is 9.47 Å². The molecule has 0 radical (unpaired) electrons. The van der Waals surface area contributed by atoms with Gasteiger partial charge in [0, 0.05) is 51.5 Å². The Balaban J connectivity index is 1.79. The van der Waals surface area contributed by atoms with Crippen LogP contribution < -0.4 is 5.32 Å². The number of nitrogens with one attached hydrogen (secondary N) is 1. The lowest BCUT2D eigenvalue weighted by molar-refractivity contribution is -0.00163. The molecule has 1 saturated heterocycles. The van der Waals surface area contributed by atoms with Crippen LogP contribution in [0.1, 0.15) is 40.0 Å². The SMILES string of the molecule is COCCCOCCN1CC(C(C)C)NCC1(C)C1CC1. The Labute approximate surface area is 130 Å². The van der Waals surface area contributed by atoms with Crippen molar-refractivity contribution in [1.29, 1.82) is 0 Å². The van der Waals surface area contributed by atoms with Crippen molar-refractivity contribution in [3.05, 3.63) is 0 Å². The summed E-state index contributed by atoms with van der Waals surface area (Å²) in [6, 6.07) is 0.616. The van der Waals surface area contributed by atoms with Gasteiger partial charge in [0.1, 0.15) is 0 Å². The van der Waals surface area contributed by atoms with Crippen LogP contribution in [0.5, 0.6) is 0 Å². The molecule has 0 aromatic heterocycles. The van der Waals surface area contributed by atoms with Gasteiger partial charge in [0.15, 0.2) is 0 Å². The summed E-state index contributed by atoms with van der Waals surface area (Å²) in [5.74, 6) is 1.57. The zero-order valence-corrected chi connectivity index (χ0v) is 14.4. The molecule has 1 N–H and O–H groups in total. The molecule has 0 spiro atoms. The molecule has 21 heavy (non-hydrogen) atoms. The summed E-state index contributed by atoms with van der Waals surface area (Å²) in [6.07, 6.45) is 3.79. The van der Waals surface area contributed by atoms with Gasteiger partial charge in [0.25, 0.3) is 0 Å². The number of ether oxygens (including phenoxy) is 2. The minimum absolute atomic E-state index is 0.335. The lowest BCUT2D eigenvalue weighted by Gasteiger charge is -2.49. The maximum absolute atomic E-state index is 5.79. The van der Waals surface area contributed by atoms with Crippen LogP contribution in [0.2, 0.25) is 0 Å². The number of rotatable bonds is 9. The molecule has 2 unspecified atom stereocenters. The molecule has 1 heterocycles. The topological polar surface area (TPSA) is 33.7 Å². The Hall–Kier alpha value is -0.160. The average molecular weight is 298 g/mol. The minimum atomic E-state index is 0.335. The maximum atomic E-state index is 5.79. The highest BCUT2D eigenvalue weighted by Gasteiger charge is 2.48. The van der Waals surface area contributed by atoms with E-state index in [1.807, 2.05) is 0 Å². The van der Waals surface area contributed by atoms with Crippen LogP contribution in [-0.2, 0) is 9.47 Å². The quantitative estimate of drug-likeness (QED) is 0.661. The largest absolute Gasteiger partial charge is 0.385 e. The van der Waals surface area contributed by atoms with Crippen molar-refractivity contribution in [3.8, 4) is 0 Å². The van der Waals surface area contributed by atoms with Crippen molar-refractivity contribution < 1.29 is 9.47 Å². The first-order valence-electron chi connectivity index (χ1n) is 8.63. The number of hydrogen-bond donors (Lipinski definition) is 1. The summed E-state index contributed by atoms with van der Waals surface area (Å²) in [5, 5.41) is 3.78. The molecule has 124 valence electrons. The molecule has 2 atom stereocenters. The standard InChI is InChI=1S/C17H34N2O2/c1-14(2)16-12-19(8-11-21-10-5-9-20-4)17(3,13-18-16)15-6-7-15/h14-16,18H,5-13H2,1-4H3. The molecule has 2 aliphatic rings. The van der Waals surface area contributed by atoms with Gasteiger partial charge in [0.05, 0.1) is 6.61 Å². The van der Waals surface area contributed by atoms with Crippen LogP contribution in [0, 0.1) is 11.8 Å². The van der Waals surface area contributed by atoms with Crippen LogP contribution in [-0.4, -0.2) is 63.0 Å². The van der Waals surface area contributed by atoms with Gasteiger partial charge in [-0.2, -0.15) is 0 Å². The summed E-state index contributed by atoms with van der Waals surface area (Å²) in [7, 11) is 1.74. The Kier molecular flexibility index (Phi) is 6.48. The molecule has 1 saturated carbocycles. The molecule has 0 bridgehead atoms. The molecule has 4 nitrogen and oxygen atoms in total. The first kappa shape index (κ1) is 17.2. The highest BCUT2D eigenvalue weighted by molar-refractivity contribution is 5.05. The van der Waals surface area contributed by atoms with E-state index in [1.165, 1.54) is 12.8 Å². The predicted octanol–water partition coefficient (Wildman–Crippen LogP) is 2.14. The molecule has 0 aromatic rings. The third-order valence-corrected chi connectivity index (χ3v) is 5.27. The summed E-state index contributed by atoms with van der Waals surface area (Å²) >= 11 is 0. The number of nitrogens with zero attached hydrogens (tertiary/aromatic N) is 1. The maximum Gasteiger partial charge on any atom is 0.0593 e. The third-order valence-electron chi connectivity index (χ3n) is 5.27. The fourth-order valence-electron chi connectivity index (χ4n) is 3.44. The van der Waals surface area contributed by atoms with Gasteiger partial charge in [-0.15, -0.1) is 0 Å². The Bertz CT molecular complexity index is 307. The molecule has 1 aliphatic carbocycles. The van der Waals surface area contributed by atoms with E-state index in [1.54, 1.807) is 7.11 Å². The molecule has 0 amide bonds. The van der Waals surface area contributed by atoms with Gasteiger partial charge in [-0.1, -0.05) is 13.8 Å². The fourth-order valence-corrected chi connectivity index (χ4v) is 3.44. The molecule has 2 fully saturated rings. The summed E-state index contributed by atoms with van der Waals surface area (Å²) < 4.78 is 10.8. The van der Waals surface area contributed by atoms with E-state index in [0.29, 0.717) is 17.5 Å². The highest BCUT2D eigenvalue weighted by atomic mass is 16.5. The van der Waals surface area contributed by atoms with Crippen molar-refractivity contribution in [2.75, 3.05) is 46.6 Å². The second-order valence-electron chi connectivity index (χ2n) is 7.27. The highest BCUT2D eigenvalue weighted by Crippen LogP contribution is 2.44. The second-order valence-corrected chi connectivity index (χ2v) is 7.27. The van der Waals surface area contributed by atoms with Crippen LogP contribution in [0.4, 0.5) is 0 Å². The molecule has 2 rings (SSSR count). The second kappa shape index (κ2) is 7.91. The van der Waals surface area contributed by atoms with E-state index in [2.05, 4.69) is 31.0 Å². The lowest BCUT2D eigenvalue weighted by Crippen LogP contribution is -2.65. The van der Waals surface area contributed by atoms with Gasteiger partial charge in [0.2, 0.25) is 0 Å². The van der Waals surface area contributed by atoms with E-state index in [-0.39, 0.29) is 0 Å². The van der Waals surface area contributed by atoms with Crippen LogP contribution in [0.15, 0.2) is 0 Å². The van der Waals surface area contributed by atoms with E-state index >= 15 is 0 Å². The smallest absolute Gasteiger partial charge is 0.0593 e. The first-order chi connectivity index (χ1) is 10.1. The van der Waals surface area contributed by atoms with E-state index in [9.17, 15) is 0 Å². The zero-order chi connectivity index (χ0) is 15.3. The van der Waals surface area contributed by atoms with Crippen molar-refractivity contribution in [2.24, 2.45) is 11.8 Å². The predicted molar refractivity (Wildman–Crippen MR) is 86.6 cm³/mol. The normalized spacial score (nSPS) is 31.0. The fraction of sp³-hybridized carbons (Fsp3) is 1.00. The summed E-state index contributed by atoms with van der Waals surface area (Å²) in [4.78, 5) is 2.70. The van der Waals surface area contributed by atoms with Crippen LogP contribution in [0.25, 0.3) is 0 Å². The summed E-state index contributed by atoms with van der Waals surface area (Å²) in [6.45, 7) is 12.9. The molecular formula is C17H34N2O2. The van der Waals surface area contributed by atoms with Crippen LogP contribution >= 0.6 is 0 Å². The van der Waals surface area contributed by atoms with Gasteiger partial charge in [-0.25, -0.2) is 0 Å². The molecular weight excluding hydrogens is 264 g/mol. The van der Waals surface area contributed by atoms with Crippen molar-refractivity contribution in [3.63, 3.8) is 0 Å². The van der Waals surface area contributed by atoms with Crippen molar-refractivity contribution in [2.45, 2.75) is 51.6 Å².